The molecule has 0 aromatic heterocycles. The van der Waals surface area contributed by atoms with Gasteiger partial charge in [0.15, 0.2) is 11.6 Å². The highest BCUT2D eigenvalue weighted by atomic mass is 19.2. The first-order valence-electron chi connectivity index (χ1n) is 11.9. The smallest absolute Gasteiger partial charge is 0.166 e. The predicted octanol–water partition coefficient (Wildman–Crippen LogP) is 8.79. The Bertz CT molecular complexity index is 1080. The third-order valence-electron chi connectivity index (χ3n) is 6.73. The van der Waals surface area contributed by atoms with Crippen molar-refractivity contribution in [2.45, 2.75) is 58.5 Å². The van der Waals surface area contributed by atoms with Gasteiger partial charge < -0.3 is 4.74 Å². The molecule has 0 radical (unpaired) electrons. The van der Waals surface area contributed by atoms with Crippen LogP contribution in [0.4, 0.5) is 13.2 Å². The molecule has 2 atom stereocenters. The normalized spacial score (nSPS) is 18.5. The summed E-state index contributed by atoms with van der Waals surface area (Å²) in [5.74, 6) is -1.39. The number of rotatable bonds is 7. The van der Waals surface area contributed by atoms with E-state index in [1.807, 2.05) is 6.07 Å². The fourth-order valence-electron chi connectivity index (χ4n) is 4.64. The lowest BCUT2D eigenvalue weighted by atomic mass is 9.90. The van der Waals surface area contributed by atoms with Crippen molar-refractivity contribution >= 4 is 0 Å². The van der Waals surface area contributed by atoms with Crippen LogP contribution in [0.25, 0.3) is 22.3 Å². The largest absolute Gasteiger partial charge is 0.373 e. The van der Waals surface area contributed by atoms with Crippen molar-refractivity contribution in [1.29, 1.82) is 0 Å². The molecular weight excluding hydrogens is 421 g/mol. The molecule has 4 heteroatoms. The first-order chi connectivity index (χ1) is 16.0. The van der Waals surface area contributed by atoms with Crippen molar-refractivity contribution in [3.8, 4) is 22.3 Å². The Kier molecular flexibility index (Phi) is 7.54. The predicted molar refractivity (Wildman–Crippen MR) is 127 cm³/mol. The van der Waals surface area contributed by atoms with Gasteiger partial charge in [-0.05, 0) is 60.4 Å². The van der Waals surface area contributed by atoms with Crippen LogP contribution in [-0.2, 0) is 4.74 Å². The van der Waals surface area contributed by atoms with E-state index >= 15 is 0 Å². The molecule has 3 aromatic rings. The minimum Gasteiger partial charge on any atom is -0.373 e. The minimum atomic E-state index is -0.863. The maximum atomic E-state index is 15.0. The van der Waals surface area contributed by atoms with Gasteiger partial charge in [0, 0.05) is 11.1 Å². The number of benzene rings is 3. The summed E-state index contributed by atoms with van der Waals surface area (Å²) in [5, 5.41) is 0. The van der Waals surface area contributed by atoms with Gasteiger partial charge in [0.25, 0.3) is 0 Å². The van der Waals surface area contributed by atoms with E-state index in [1.54, 1.807) is 48.5 Å². The summed E-state index contributed by atoms with van der Waals surface area (Å²) in [4.78, 5) is 0. The first kappa shape index (κ1) is 23.6. The van der Waals surface area contributed by atoms with Gasteiger partial charge in [-0.25, -0.2) is 13.2 Å². The third kappa shape index (κ3) is 5.33. The summed E-state index contributed by atoms with van der Waals surface area (Å²) in [6.07, 6.45) is 6.94. The number of aryl methyl sites for hydroxylation is 1. The van der Waals surface area contributed by atoms with Crippen molar-refractivity contribution in [3.63, 3.8) is 0 Å². The average Bonchev–Trinajstić information content (AvgIpc) is 2.83. The van der Waals surface area contributed by atoms with Crippen LogP contribution in [0.15, 0.2) is 54.6 Å². The van der Waals surface area contributed by atoms with E-state index in [0.29, 0.717) is 22.6 Å². The zero-order valence-electron chi connectivity index (χ0n) is 19.3. The van der Waals surface area contributed by atoms with Crippen LogP contribution < -0.4 is 0 Å². The molecule has 0 spiro atoms. The molecule has 0 bridgehead atoms. The van der Waals surface area contributed by atoms with Crippen molar-refractivity contribution in [3.05, 3.63) is 83.2 Å². The maximum Gasteiger partial charge on any atom is 0.166 e. The molecule has 174 valence electrons. The third-order valence-corrected chi connectivity index (χ3v) is 6.73. The molecule has 2 unspecified atom stereocenters. The second-order valence-corrected chi connectivity index (χ2v) is 9.14. The molecule has 0 amide bonds. The van der Waals surface area contributed by atoms with Crippen LogP contribution in [0.3, 0.4) is 0 Å². The summed E-state index contributed by atoms with van der Waals surface area (Å²) >= 11 is 0. The number of unbranched alkanes of at least 4 members (excludes halogenated alkanes) is 2. The van der Waals surface area contributed by atoms with E-state index in [-0.39, 0.29) is 23.0 Å². The molecular formula is C29H31F3O. The molecule has 0 aliphatic carbocycles. The maximum absolute atomic E-state index is 15.0. The van der Waals surface area contributed by atoms with Crippen LogP contribution in [0.2, 0.25) is 0 Å². The van der Waals surface area contributed by atoms with Gasteiger partial charge in [0.1, 0.15) is 5.82 Å². The van der Waals surface area contributed by atoms with Gasteiger partial charge in [-0.2, -0.15) is 0 Å². The standard InChI is InChI=1S/C29H31F3O/c1-3-4-5-6-20-8-16-27(33-18-20)23-13-15-24(26(30)17-23)21-9-11-22(12-10-21)25-14-7-19(2)28(31)29(25)32/h7,9-15,17,20,27H,3-6,8,16,18H2,1-2H3. The van der Waals surface area contributed by atoms with Crippen LogP contribution in [0, 0.1) is 30.3 Å². The zero-order valence-corrected chi connectivity index (χ0v) is 19.3. The number of hydrogen-bond acceptors (Lipinski definition) is 1. The van der Waals surface area contributed by atoms with Crippen molar-refractivity contribution in [2.24, 2.45) is 5.92 Å². The quantitative estimate of drug-likeness (QED) is 0.326. The lowest BCUT2D eigenvalue weighted by Gasteiger charge is -2.29. The summed E-state index contributed by atoms with van der Waals surface area (Å²) < 4.78 is 49.3. The lowest BCUT2D eigenvalue weighted by Crippen LogP contribution is -2.20. The second-order valence-electron chi connectivity index (χ2n) is 9.14. The van der Waals surface area contributed by atoms with Crippen LogP contribution >= 0.6 is 0 Å². The molecule has 1 heterocycles. The summed E-state index contributed by atoms with van der Waals surface area (Å²) in [7, 11) is 0. The minimum absolute atomic E-state index is 0.0576. The van der Waals surface area contributed by atoms with E-state index in [2.05, 4.69) is 6.92 Å². The Labute approximate surface area is 194 Å². The van der Waals surface area contributed by atoms with E-state index in [0.717, 1.165) is 25.0 Å². The molecule has 1 fully saturated rings. The van der Waals surface area contributed by atoms with E-state index in [9.17, 15) is 13.2 Å². The summed E-state index contributed by atoms with van der Waals surface area (Å²) in [6.45, 7) is 4.49. The first-order valence-corrected chi connectivity index (χ1v) is 11.9. The number of ether oxygens (including phenoxy) is 1. The monoisotopic (exact) mass is 452 g/mol. The lowest BCUT2D eigenvalue weighted by molar-refractivity contribution is -0.0200. The Hall–Kier alpha value is -2.59. The molecule has 33 heavy (non-hydrogen) atoms. The van der Waals surface area contributed by atoms with E-state index < -0.39 is 11.6 Å². The molecule has 1 saturated heterocycles. The molecule has 4 rings (SSSR count). The number of hydrogen-bond donors (Lipinski definition) is 0. The number of halogens is 3. The fourth-order valence-corrected chi connectivity index (χ4v) is 4.64. The highest BCUT2D eigenvalue weighted by molar-refractivity contribution is 5.71. The van der Waals surface area contributed by atoms with Gasteiger partial charge in [-0.3, -0.25) is 0 Å². The Morgan fingerprint density at radius 2 is 1.52 bits per heavy atom. The molecule has 0 saturated carbocycles. The summed E-state index contributed by atoms with van der Waals surface area (Å²) in [6, 6.07) is 15.3. The fraction of sp³-hybridized carbons (Fsp3) is 0.379. The SMILES string of the molecule is CCCCCC1CCC(c2ccc(-c3ccc(-c4ccc(C)c(F)c4F)cc3)c(F)c2)OC1. The Balaban J connectivity index is 1.45. The van der Waals surface area contributed by atoms with Crippen LogP contribution in [0.1, 0.15) is 62.7 Å². The van der Waals surface area contributed by atoms with E-state index in [1.165, 1.54) is 32.6 Å². The summed E-state index contributed by atoms with van der Waals surface area (Å²) in [5.41, 5.74) is 3.06. The molecule has 3 aromatic carbocycles. The average molecular weight is 453 g/mol. The molecule has 1 aliphatic rings. The Morgan fingerprint density at radius 1 is 0.818 bits per heavy atom. The highest BCUT2D eigenvalue weighted by Crippen LogP contribution is 2.35. The van der Waals surface area contributed by atoms with Crippen LogP contribution in [0.5, 0.6) is 0 Å². The molecule has 0 N–H and O–H groups in total. The van der Waals surface area contributed by atoms with Crippen molar-refractivity contribution < 1.29 is 17.9 Å². The van der Waals surface area contributed by atoms with Gasteiger partial charge >= 0.3 is 0 Å². The second kappa shape index (κ2) is 10.6. The topological polar surface area (TPSA) is 9.23 Å². The van der Waals surface area contributed by atoms with Gasteiger partial charge in [-0.15, -0.1) is 0 Å². The highest BCUT2D eigenvalue weighted by Gasteiger charge is 2.23. The van der Waals surface area contributed by atoms with E-state index in [4.69, 9.17) is 4.74 Å². The Morgan fingerprint density at radius 3 is 2.15 bits per heavy atom. The zero-order chi connectivity index (χ0) is 23.4. The van der Waals surface area contributed by atoms with Gasteiger partial charge in [0.2, 0.25) is 0 Å². The molecule has 1 nitrogen and oxygen atoms in total. The van der Waals surface area contributed by atoms with Gasteiger partial charge in [0.05, 0.1) is 12.7 Å². The van der Waals surface area contributed by atoms with Crippen molar-refractivity contribution in [1.82, 2.24) is 0 Å². The van der Waals surface area contributed by atoms with Gasteiger partial charge in [-0.1, -0.05) is 74.7 Å². The van der Waals surface area contributed by atoms with Crippen molar-refractivity contribution in [2.75, 3.05) is 6.61 Å². The van der Waals surface area contributed by atoms with Crippen LogP contribution in [-0.4, -0.2) is 6.61 Å². The molecule has 1 aliphatic heterocycles.